The molecule has 0 saturated carbocycles. The minimum absolute atomic E-state index is 0.0105. The molecule has 146 valence electrons. The molecule has 0 atom stereocenters. The molecule has 28 heavy (non-hydrogen) atoms. The molecule has 1 amide bonds. The van der Waals surface area contributed by atoms with E-state index in [9.17, 15) is 13.2 Å². The van der Waals surface area contributed by atoms with Crippen molar-refractivity contribution < 1.29 is 13.2 Å². The van der Waals surface area contributed by atoms with Crippen molar-refractivity contribution in [2.75, 3.05) is 15.8 Å². The Kier molecular flexibility index (Phi) is 5.51. The van der Waals surface area contributed by atoms with Crippen LogP contribution in [0.1, 0.15) is 28.7 Å². The quantitative estimate of drug-likeness (QED) is 0.665. The average Bonchev–Trinajstić information content (AvgIpc) is 3.01. The van der Waals surface area contributed by atoms with Crippen molar-refractivity contribution in [1.82, 2.24) is 9.55 Å². The fourth-order valence-electron chi connectivity index (χ4n) is 2.61. The summed E-state index contributed by atoms with van der Waals surface area (Å²) >= 11 is 0. The molecule has 0 fully saturated rings. The van der Waals surface area contributed by atoms with Crippen LogP contribution in [0.3, 0.4) is 0 Å². The summed E-state index contributed by atoms with van der Waals surface area (Å²) in [4.78, 5) is 16.7. The van der Waals surface area contributed by atoms with E-state index in [-0.39, 0.29) is 11.7 Å². The summed E-state index contributed by atoms with van der Waals surface area (Å²) < 4.78 is 27.6. The molecular formula is C20H22N4O3S. The van der Waals surface area contributed by atoms with Gasteiger partial charge in [0.05, 0.1) is 17.8 Å². The van der Waals surface area contributed by atoms with Gasteiger partial charge in [-0.25, -0.2) is 13.4 Å². The second-order valence-electron chi connectivity index (χ2n) is 6.37. The predicted octanol–water partition coefficient (Wildman–Crippen LogP) is 3.50. The standard InChI is InChI=1S/C20H22N4O3S/c1-4-28(26,27)23-18-7-5-16(6-8-18)20(25)22-17-9-11-19(12-10-17)24-13-21-14(2)15(24)3/h5-13,23H,4H2,1-3H3,(H,22,25). The van der Waals surface area contributed by atoms with E-state index in [1.54, 1.807) is 37.5 Å². The van der Waals surface area contributed by atoms with Gasteiger partial charge in [-0.15, -0.1) is 0 Å². The highest BCUT2D eigenvalue weighted by atomic mass is 32.2. The number of amides is 1. The third kappa shape index (κ3) is 4.40. The van der Waals surface area contributed by atoms with Crippen molar-refractivity contribution in [2.45, 2.75) is 20.8 Å². The minimum atomic E-state index is -3.34. The molecule has 2 N–H and O–H groups in total. The number of carbonyl (C=O) groups excluding carboxylic acids is 1. The lowest BCUT2D eigenvalue weighted by Crippen LogP contribution is -2.15. The fraction of sp³-hybridized carbons (Fsp3) is 0.200. The lowest BCUT2D eigenvalue weighted by atomic mass is 10.2. The van der Waals surface area contributed by atoms with Crippen molar-refractivity contribution in [3.05, 3.63) is 71.8 Å². The van der Waals surface area contributed by atoms with Crippen LogP contribution >= 0.6 is 0 Å². The molecule has 0 saturated heterocycles. The molecule has 7 nitrogen and oxygen atoms in total. The number of carbonyl (C=O) groups is 1. The van der Waals surface area contributed by atoms with Crippen LogP contribution < -0.4 is 10.0 Å². The van der Waals surface area contributed by atoms with Gasteiger partial charge in [0.15, 0.2) is 0 Å². The van der Waals surface area contributed by atoms with Crippen LogP contribution in [0.15, 0.2) is 54.9 Å². The lowest BCUT2D eigenvalue weighted by molar-refractivity contribution is 0.102. The Balaban J connectivity index is 1.68. The highest BCUT2D eigenvalue weighted by Gasteiger charge is 2.10. The molecule has 0 aliphatic carbocycles. The number of imidazole rings is 1. The van der Waals surface area contributed by atoms with E-state index < -0.39 is 10.0 Å². The van der Waals surface area contributed by atoms with E-state index in [0.717, 1.165) is 17.1 Å². The number of sulfonamides is 1. The van der Waals surface area contributed by atoms with Crippen molar-refractivity contribution in [3.8, 4) is 5.69 Å². The zero-order valence-corrected chi connectivity index (χ0v) is 16.7. The van der Waals surface area contributed by atoms with Crippen LogP contribution in [0.2, 0.25) is 0 Å². The number of aryl methyl sites for hydroxylation is 1. The Morgan fingerprint density at radius 2 is 1.61 bits per heavy atom. The largest absolute Gasteiger partial charge is 0.322 e. The molecule has 0 bridgehead atoms. The van der Waals surface area contributed by atoms with E-state index in [1.807, 2.05) is 42.7 Å². The van der Waals surface area contributed by atoms with Gasteiger partial charge >= 0.3 is 0 Å². The van der Waals surface area contributed by atoms with Gasteiger partial charge < -0.3 is 9.88 Å². The molecule has 0 unspecified atom stereocenters. The van der Waals surface area contributed by atoms with Crippen LogP contribution in [0.4, 0.5) is 11.4 Å². The van der Waals surface area contributed by atoms with Crippen LogP contribution in [0, 0.1) is 13.8 Å². The monoisotopic (exact) mass is 398 g/mol. The first-order valence-corrected chi connectivity index (χ1v) is 10.5. The normalized spacial score (nSPS) is 11.2. The van der Waals surface area contributed by atoms with E-state index in [1.165, 1.54) is 0 Å². The van der Waals surface area contributed by atoms with Crippen molar-refractivity contribution >= 4 is 27.3 Å². The average molecular weight is 398 g/mol. The van der Waals surface area contributed by atoms with E-state index >= 15 is 0 Å². The summed E-state index contributed by atoms with van der Waals surface area (Å²) in [5, 5.41) is 2.83. The summed E-state index contributed by atoms with van der Waals surface area (Å²) in [5.74, 6) is -0.282. The molecule has 1 heterocycles. The zero-order chi connectivity index (χ0) is 20.3. The smallest absolute Gasteiger partial charge is 0.255 e. The maximum absolute atomic E-state index is 12.4. The van der Waals surface area contributed by atoms with Crippen molar-refractivity contribution in [2.24, 2.45) is 0 Å². The number of nitrogens with zero attached hydrogens (tertiary/aromatic N) is 2. The third-order valence-electron chi connectivity index (χ3n) is 4.46. The Morgan fingerprint density at radius 1 is 1.00 bits per heavy atom. The topological polar surface area (TPSA) is 93.1 Å². The molecule has 0 aliphatic rings. The summed E-state index contributed by atoms with van der Waals surface area (Å²) in [7, 11) is -3.34. The molecule has 1 aromatic heterocycles. The van der Waals surface area contributed by atoms with Crippen molar-refractivity contribution in [3.63, 3.8) is 0 Å². The molecule has 2 aromatic carbocycles. The molecular weight excluding hydrogens is 376 g/mol. The molecule has 0 aliphatic heterocycles. The van der Waals surface area contributed by atoms with E-state index in [2.05, 4.69) is 15.0 Å². The first-order chi connectivity index (χ1) is 13.3. The summed E-state index contributed by atoms with van der Waals surface area (Å²) in [5.41, 5.74) is 4.53. The molecule has 0 spiro atoms. The number of nitrogens with one attached hydrogen (secondary N) is 2. The molecule has 0 radical (unpaired) electrons. The van der Waals surface area contributed by atoms with Gasteiger partial charge in [0.25, 0.3) is 5.91 Å². The maximum atomic E-state index is 12.4. The SMILES string of the molecule is CCS(=O)(=O)Nc1ccc(C(=O)Nc2ccc(-n3cnc(C)c3C)cc2)cc1. The number of hydrogen-bond donors (Lipinski definition) is 2. The van der Waals surface area contributed by atoms with Crippen LogP contribution in [0.5, 0.6) is 0 Å². The number of rotatable bonds is 6. The van der Waals surface area contributed by atoms with Gasteiger partial charge in [-0.2, -0.15) is 0 Å². The molecule has 3 rings (SSSR count). The van der Waals surface area contributed by atoms with Crippen LogP contribution in [-0.4, -0.2) is 29.6 Å². The van der Waals surface area contributed by atoms with Gasteiger partial charge in [-0.3, -0.25) is 9.52 Å². The Morgan fingerprint density at radius 3 is 2.14 bits per heavy atom. The van der Waals surface area contributed by atoms with Crippen LogP contribution in [-0.2, 0) is 10.0 Å². The number of benzene rings is 2. The lowest BCUT2D eigenvalue weighted by Gasteiger charge is -2.09. The maximum Gasteiger partial charge on any atom is 0.255 e. The summed E-state index contributed by atoms with van der Waals surface area (Å²) in [6.07, 6.45) is 1.77. The number of hydrogen-bond acceptors (Lipinski definition) is 4. The van der Waals surface area contributed by atoms with Gasteiger partial charge in [-0.05, 0) is 69.3 Å². The molecule has 8 heteroatoms. The van der Waals surface area contributed by atoms with E-state index in [4.69, 9.17) is 0 Å². The molecule has 3 aromatic rings. The van der Waals surface area contributed by atoms with Crippen LogP contribution in [0.25, 0.3) is 5.69 Å². The highest BCUT2D eigenvalue weighted by Crippen LogP contribution is 2.18. The van der Waals surface area contributed by atoms with Gasteiger partial charge in [0.1, 0.15) is 0 Å². The predicted molar refractivity (Wildman–Crippen MR) is 111 cm³/mol. The second-order valence-corrected chi connectivity index (χ2v) is 8.38. The highest BCUT2D eigenvalue weighted by molar-refractivity contribution is 7.92. The Hall–Kier alpha value is -3.13. The van der Waals surface area contributed by atoms with Crippen molar-refractivity contribution in [1.29, 1.82) is 0 Å². The number of anilines is 2. The Labute approximate surface area is 164 Å². The van der Waals surface area contributed by atoms with Gasteiger partial charge in [0, 0.05) is 28.3 Å². The third-order valence-corrected chi connectivity index (χ3v) is 5.76. The van der Waals surface area contributed by atoms with Gasteiger partial charge in [0.2, 0.25) is 10.0 Å². The van der Waals surface area contributed by atoms with Gasteiger partial charge in [-0.1, -0.05) is 0 Å². The zero-order valence-electron chi connectivity index (χ0n) is 15.9. The number of aromatic nitrogens is 2. The first-order valence-electron chi connectivity index (χ1n) is 8.82. The Bertz CT molecular complexity index is 1090. The summed E-state index contributed by atoms with van der Waals surface area (Å²) in [6, 6.07) is 13.8. The minimum Gasteiger partial charge on any atom is -0.322 e. The van der Waals surface area contributed by atoms with E-state index in [0.29, 0.717) is 16.9 Å². The fourth-order valence-corrected chi connectivity index (χ4v) is 3.25. The second kappa shape index (κ2) is 7.85. The summed E-state index contributed by atoms with van der Waals surface area (Å²) in [6.45, 7) is 5.52. The first kappa shape index (κ1) is 19.6.